The van der Waals surface area contributed by atoms with E-state index >= 15 is 0 Å². The van der Waals surface area contributed by atoms with Crippen LogP contribution in [0.3, 0.4) is 0 Å². The summed E-state index contributed by atoms with van der Waals surface area (Å²) in [5.74, 6) is 1.92. The van der Waals surface area contributed by atoms with E-state index in [1.165, 1.54) is 27.0 Å². The minimum atomic E-state index is -0.225. The van der Waals surface area contributed by atoms with Crippen LogP contribution in [-0.4, -0.2) is 31.8 Å². The predicted molar refractivity (Wildman–Crippen MR) is 248 cm³/mol. The van der Waals surface area contributed by atoms with E-state index in [0.717, 1.165) is 60.9 Å². The summed E-state index contributed by atoms with van der Waals surface area (Å²) in [6.07, 6.45) is 10.4. The van der Waals surface area contributed by atoms with Crippen molar-refractivity contribution in [1.82, 2.24) is 24.5 Å². The maximum atomic E-state index is 5.09. The van der Waals surface area contributed by atoms with Crippen molar-refractivity contribution >= 4 is 58.6 Å². The van der Waals surface area contributed by atoms with E-state index in [-0.39, 0.29) is 5.41 Å². The van der Waals surface area contributed by atoms with Crippen LogP contribution in [0.4, 0.5) is 0 Å². The largest absolute Gasteiger partial charge is 0.309 e. The second-order valence-electron chi connectivity index (χ2n) is 15.0. The van der Waals surface area contributed by atoms with Crippen LogP contribution in [0.5, 0.6) is 0 Å². The molecule has 0 N–H and O–H groups in total. The van der Waals surface area contributed by atoms with Gasteiger partial charge in [-0.05, 0) is 59.4 Å². The number of benzene rings is 5. The van der Waals surface area contributed by atoms with Gasteiger partial charge in [-0.3, -0.25) is 0 Å². The highest BCUT2D eigenvalue weighted by atomic mass is 32.1. The first-order chi connectivity index (χ1) is 28.3. The molecule has 1 aliphatic rings. The molecule has 0 bridgehead atoms. The molecule has 280 valence electrons. The third-order valence-corrected chi connectivity index (χ3v) is 12.3. The zero-order chi connectivity index (χ0) is 40.0. The van der Waals surface area contributed by atoms with Crippen molar-refractivity contribution in [3.05, 3.63) is 180 Å². The Bertz CT molecular complexity index is 2880. The number of thiazole rings is 1. The fourth-order valence-electron chi connectivity index (χ4n) is 8.31. The van der Waals surface area contributed by atoms with Gasteiger partial charge in [0.2, 0.25) is 0 Å². The van der Waals surface area contributed by atoms with E-state index in [4.69, 9.17) is 19.9 Å². The van der Waals surface area contributed by atoms with E-state index in [9.17, 15) is 0 Å². The number of hydrogen-bond donors (Lipinski definition) is 0. The molecule has 3 aromatic heterocycles. The molecule has 0 radical (unpaired) electrons. The normalized spacial score (nSPS) is 13.1. The van der Waals surface area contributed by atoms with Crippen LogP contribution in [0.25, 0.3) is 90.2 Å². The summed E-state index contributed by atoms with van der Waals surface area (Å²) in [4.78, 5) is 20.2. The summed E-state index contributed by atoms with van der Waals surface area (Å²) in [6, 6.07) is 42.0. The molecule has 0 fully saturated rings. The maximum Gasteiger partial charge on any atom is 0.164 e. The first kappa shape index (κ1) is 36.9. The zero-order valence-electron chi connectivity index (χ0n) is 33.2. The molecule has 5 nitrogen and oxygen atoms in total. The van der Waals surface area contributed by atoms with Crippen molar-refractivity contribution in [1.29, 1.82) is 0 Å². The summed E-state index contributed by atoms with van der Waals surface area (Å²) in [7, 11) is 0.705. The van der Waals surface area contributed by atoms with Crippen molar-refractivity contribution in [2.24, 2.45) is 0 Å². The van der Waals surface area contributed by atoms with Gasteiger partial charge in [-0.1, -0.05) is 155 Å². The molecule has 0 spiro atoms. The highest BCUT2D eigenvalue weighted by Gasteiger charge is 2.38. The Hall–Kier alpha value is -6.70. The van der Waals surface area contributed by atoms with Gasteiger partial charge in [-0.2, -0.15) is 0 Å². The third kappa shape index (κ3) is 6.19. The Morgan fingerprint density at radius 2 is 1.29 bits per heavy atom. The van der Waals surface area contributed by atoms with Gasteiger partial charge in [0.25, 0.3) is 0 Å². The van der Waals surface area contributed by atoms with E-state index in [0.29, 0.717) is 24.8 Å². The minimum absolute atomic E-state index is 0.225. The molecular formula is C51H42BN5S. The molecule has 58 heavy (non-hydrogen) atoms. The van der Waals surface area contributed by atoms with Gasteiger partial charge in [0, 0.05) is 44.5 Å². The van der Waals surface area contributed by atoms with Crippen LogP contribution < -0.4 is 0 Å². The molecule has 0 amide bonds. The smallest absolute Gasteiger partial charge is 0.164 e. The molecule has 0 saturated carbocycles. The first-order valence-electron chi connectivity index (χ1n) is 19.7. The summed E-state index contributed by atoms with van der Waals surface area (Å²) in [5.41, 5.74) is 15.1. The molecule has 0 atom stereocenters. The van der Waals surface area contributed by atoms with E-state index in [1.807, 2.05) is 78.9 Å². The van der Waals surface area contributed by atoms with Gasteiger partial charge in [-0.25, -0.2) is 19.9 Å². The van der Waals surface area contributed by atoms with Crippen LogP contribution >= 0.6 is 11.3 Å². The van der Waals surface area contributed by atoms with Crippen LogP contribution in [0, 0.1) is 0 Å². The lowest BCUT2D eigenvalue weighted by molar-refractivity contribution is 0.660. The predicted octanol–water partition coefficient (Wildman–Crippen LogP) is 12.9. The Morgan fingerprint density at radius 1 is 0.690 bits per heavy atom. The number of rotatable bonds is 10. The lowest BCUT2D eigenvalue weighted by Gasteiger charge is -2.22. The van der Waals surface area contributed by atoms with E-state index < -0.39 is 0 Å². The monoisotopic (exact) mass is 767 g/mol. The number of nitrogens with zero attached hydrogens (tertiary/aromatic N) is 5. The van der Waals surface area contributed by atoms with Gasteiger partial charge in [-0.15, -0.1) is 11.3 Å². The van der Waals surface area contributed by atoms with Gasteiger partial charge in [0.1, 0.15) is 5.01 Å². The summed E-state index contributed by atoms with van der Waals surface area (Å²) in [6.45, 7) is 17.6. The van der Waals surface area contributed by atoms with Crippen molar-refractivity contribution in [3.8, 4) is 50.2 Å². The quantitative estimate of drug-likeness (QED) is 0.130. The number of aromatic nitrogens is 5. The Labute approximate surface area is 344 Å². The Balaban J connectivity index is 1.21. The topological polar surface area (TPSA) is 56.5 Å². The second kappa shape index (κ2) is 15.0. The number of fused-ring (bicyclic) bond motifs is 5. The Morgan fingerprint density at radius 3 is 1.88 bits per heavy atom. The van der Waals surface area contributed by atoms with E-state index in [1.54, 1.807) is 11.3 Å². The van der Waals surface area contributed by atoms with Crippen LogP contribution in [0.15, 0.2) is 141 Å². The molecule has 0 saturated heterocycles. The molecule has 0 unspecified atom stereocenters. The van der Waals surface area contributed by atoms with Gasteiger partial charge < -0.3 is 4.57 Å². The van der Waals surface area contributed by atoms with Crippen molar-refractivity contribution in [2.75, 3.05) is 0 Å². The third-order valence-electron chi connectivity index (χ3n) is 11.2. The van der Waals surface area contributed by atoms with Crippen molar-refractivity contribution in [3.63, 3.8) is 0 Å². The summed E-state index contributed by atoms with van der Waals surface area (Å²) >= 11 is 1.78. The lowest BCUT2D eigenvalue weighted by Crippen LogP contribution is -2.15. The van der Waals surface area contributed by atoms with Gasteiger partial charge in [0.05, 0.1) is 21.6 Å². The SMILES string of the molecule is C=Cc1c(/C=C\C)c(/C=C(\BC)c2nc(-c3ccccc3)nc(-c3ccccc3)n2)c(C=C)n1-c1ccc2c(c1)C(C)(C)c1ccc3nc(-c4ccccc4)sc3c1-2. The zero-order valence-corrected chi connectivity index (χ0v) is 34.0. The molecular weight excluding hydrogens is 725 g/mol. The fourth-order valence-corrected chi connectivity index (χ4v) is 9.44. The molecule has 1 aliphatic carbocycles. The standard InChI is InChI=1S/C51H42BN5S/c1-7-19-36-38(31-41(52-6)49-55-47(32-20-13-10-14-21-32)54-48(56-49)33-22-15-11-16-23-33)44(9-3)57(43(36)8-2)35-26-27-37-40(30-35)51(4,5)39-28-29-42-46(45(37)39)58-50(53-42)34-24-17-12-18-25-34/h7-31,52H,2-3H2,1,4-6H3/b19-7-,41-31-. The van der Waals surface area contributed by atoms with Crippen LogP contribution in [-0.2, 0) is 5.41 Å². The van der Waals surface area contributed by atoms with Crippen LogP contribution in [0.1, 0.15) is 60.2 Å². The van der Waals surface area contributed by atoms with Crippen molar-refractivity contribution in [2.45, 2.75) is 33.0 Å². The molecule has 0 aliphatic heterocycles. The molecule has 7 heteroatoms. The average molecular weight is 768 g/mol. The molecule has 5 aromatic carbocycles. The number of hydrogen-bond acceptors (Lipinski definition) is 5. The number of allylic oxidation sites excluding steroid dienone is 1. The molecule has 8 aromatic rings. The van der Waals surface area contributed by atoms with Crippen molar-refractivity contribution < 1.29 is 0 Å². The lowest BCUT2D eigenvalue weighted by atomic mass is 9.71. The first-order valence-corrected chi connectivity index (χ1v) is 20.5. The molecule has 3 heterocycles. The maximum absolute atomic E-state index is 5.09. The molecule has 9 rings (SSSR count). The highest BCUT2D eigenvalue weighted by Crippen LogP contribution is 2.53. The van der Waals surface area contributed by atoms with Crippen LogP contribution in [0.2, 0.25) is 6.82 Å². The van der Waals surface area contributed by atoms with Gasteiger partial charge in [0.15, 0.2) is 24.8 Å². The minimum Gasteiger partial charge on any atom is -0.309 e. The summed E-state index contributed by atoms with van der Waals surface area (Å²) < 4.78 is 3.52. The fraction of sp³-hybridized carbons (Fsp3) is 0.0980. The Kier molecular flexibility index (Phi) is 9.54. The second-order valence-corrected chi connectivity index (χ2v) is 16.0. The average Bonchev–Trinajstić information content (AvgIpc) is 3.91. The van der Waals surface area contributed by atoms with E-state index in [2.05, 4.69) is 118 Å². The highest BCUT2D eigenvalue weighted by molar-refractivity contribution is 7.22. The summed E-state index contributed by atoms with van der Waals surface area (Å²) in [5, 5.41) is 1.04. The van der Waals surface area contributed by atoms with Gasteiger partial charge >= 0.3 is 0 Å².